The summed E-state index contributed by atoms with van der Waals surface area (Å²) in [6, 6.07) is 7.29. The van der Waals surface area contributed by atoms with Gasteiger partial charge in [-0.1, -0.05) is 18.2 Å². The van der Waals surface area contributed by atoms with Gasteiger partial charge < -0.3 is 10.2 Å². The molecule has 90 valence electrons. The Morgan fingerprint density at radius 1 is 1.25 bits per heavy atom. The Bertz CT molecular complexity index is 325. The molecule has 0 aromatic heterocycles. The molecule has 1 rings (SSSR count). The topological polar surface area (TPSA) is 15.3 Å². The largest absolute Gasteiger partial charge is 0.308 e. The first-order valence-electron chi connectivity index (χ1n) is 5.66. The van der Waals surface area contributed by atoms with Gasteiger partial charge in [0, 0.05) is 24.2 Å². The quantitative estimate of drug-likeness (QED) is 0.826. The van der Waals surface area contributed by atoms with Crippen molar-refractivity contribution in [1.29, 1.82) is 0 Å². The highest BCUT2D eigenvalue weighted by Crippen LogP contribution is 2.16. The number of benzene rings is 1. The van der Waals surface area contributed by atoms with Crippen molar-refractivity contribution in [2.75, 3.05) is 20.6 Å². The lowest BCUT2D eigenvalue weighted by Gasteiger charge is -2.23. The number of hydrogen-bond acceptors (Lipinski definition) is 2. The third kappa shape index (κ3) is 3.91. The molecular formula is C13H21FN2. The minimum absolute atomic E-state index is 0.0381. The number of nitrogens with one attached hydrogen (secondary N) is 1. The zero-order valence-electron chi connectivity index (χ0n) is 10.5. The van der Waals surface area contributed by atoms with Crippen molar-refractivity contribution < 1.29 is 4.39 Å². The van der Waals surface area contributed by atoms with Crippen LogP contribution in [0, 0.1) is 5.82 Å². The van der Waals surface area contributed by atoms with Gasteiger partial charge in [0.15, 0.2) is 0 Å². The molecule has 2 atom stereocenters. The van der Waals surface area contributed by atoms with Gasteiger partial charge >= 0.3 is 0 Å². The van der Waals surface area contributed by atoms with Gasteiger partial charge in [-0.25, -0.2) is 4.39 Å². The lowest BCUT2D eigenvalue weighted by atomic mass is 10.1. The molecule has 1 N–H and O–H groups in total. The molecule has 1 aromatic rings. The first kappa shape index (κ1) is 13.1. The summed E-state index contributed by atoms with van der Waals surface area (Å²) in [5.41, 5.74) is 0.730. The van der Waals surface area contributed by atoms with Crippen LogP contribution in [0.25, 0.3) is 0 Å². The van der Waals surface area contributed by atoms with Crippen LogP contribution in [0.15, 0.2) is 24.3 Å². The van der Waals surface area contributed by atoms with Gasteiger partial charge in [-0.3, -0.25) is 0 Å². The Morgan fingerprint density at radius 3 is 2.44 bits per heavy atom. The second-order valence-corrected chi connectivity index (χ2v) is 4.57. The summed E-state index contributed by atoms with van der Waals surface area (Å²) in [4.78, 5) is 2.12. The molecule has 0 heterocycles. The van der Waals surface area contributed by atoms with Crippen LogP contribution in [0.1, 0.15) is 25.5 Å². The van der Waals surface area contributed by atoms with E-state index in [4.69, 9.17) is 0 Å². The van der Waals surface area contributed by atoms with Crippen molar-refractivity contribution in [3.8, 4) is 0 Å². The Kier molecular flexibility index (Phi) is 4.90. The van der Waals surface area contributed by atoms with Crippen LogP contribution < -0.4 is 5.32 Å². The smallest absolute Gasteiger partial charge is 0.127 e. The molecular weight excluding hydrogens is 203 g/mol. The van der Waals surface area contributed by atoms with Crippen molar-refractivity contribution in [1.82, 2.24) is 10.2 Å². The SMILES string of the molecule is CC(CN(C)C)NC(C)c1ccccc1F. The summed E-state index contributed by atoms with van der Waals surface area (Å²) in [6.07, 6.45) is 0. The first-order chi connectivity index (χ1) is 7.50. The number of rotatable bonds is 5. The van der Waals surface area contributed by atoms with Gasteiger partial charge in [-0.15, -0.1) is 0 Å². The van der Waals surface area contributed by atoms with E-state index < -0.39 is 0 Å². The molecule has 0 spiro atoms. The Labute approximate surface area is 97.5 Å². The number of likely N-dealkylation sites (N-methyl/N-ethyl adjacent to an activating group) is 1. The first-order valence-corrected chi connectivity index (χ1v) is 5.66. The van der Waals surface area contributed by atoms with E-state index >= 15 is 0 Å². The predicted octanol–water partition coefficient (Wildman–Crippen LogP) is 2.43. The van der Waals surface area contributed by atoms with Crippen LogP contribution in [-0.2, 0) is 0 Å². The highest BCUT2D eigenvalue weighted by atomic mass is 19.1. The summed E-state index contributed by atoms with van der Waals surface area (Å²) in [5, 5.41) is 3.39. The third-order valence-corrected chi connectivity index (χ3v) is 2.55. The van der Waals surface area contributed by atoms with E-state index in [1.807, 2.05) is 33.2 Å². The number of hydrogen-bond donors (Lipinski definition) is 1. The summed E-state index contributed by atoms with van der Waals surface area (Å²) < 4.78 is 13.5. The van der Waals surface area contributed by atoms with Crippen LogP contribution in [0.3, 0.4) is 0 Å². The van der Waals surface area contributed by atoms with E-state index in [2.05, 4.69) is 17.1 Å². The minimum Gasteiger partial charge on any atom is -0.308 e. The third-order valence-electron chi connectivity index (χ3n) is 2.55. The molecule has 0 fully saturated rings. The fraction of sp³-hybridized carbons (Fsp3) is 0.538. The van der Waals surface area contributed by atoms with Crippen molar-refractivity contribution >= 4 is 0 Å². The molecule has 0 radical (unpaired) electrons. The maximum absolute atomic E-state index is 13.5. The zero-order valence-corrected chi connectivity index (χ0v) is 10.5. The maximum Gasteiger partial charge on any atom is 0.127 e. The molecule has 16 heavy (non-hydrogen) atoms. The molecule has 0 amide bonds. The molecule has 0 aliphatic rings. The van der Waals surface area contributed by atoms with Crippen LogP contribution in [0.5, 0.6) is 0 Å². The van der Waals surface area contributed by atoms with Crippen LogP contribution in [0.2, 0.25) is 0 Å². The fourth-order valence-electron chi connectivity index (χ4n) is 1.94. The van der Waals surface area contributed by atoms with Gasteiger partial charge in [0.2, 0.25) is 0 Å². The zero-order chi connectivity index (χ0) is 12.1. The molecule has 0 aliphatic carbocycles. The molecule has 0 bridgehead atoms. The van der Waals surface area contributed by atoms with Crippen molar-refractivity contribution in [3.05, 3.63) is 35.6 Å². The van der Waals surface area contributed by atoms with Crippen LogP contribution in [-0.4, -0.2) is 31.6 Å². The summed E-state index contributed by atoms with van der Waals surface area (Å²) in [7, 11) is 4.07. The monoisotopic (exact) mass is 224 g/mol. The predicted molar refractivity (Wildman–Crippen MR) is 66.0 cm³/mol. The number of nitrogens with zero attached hydrogens (tertiary/aromatic N) is 1. The van der Waals surface area contributed by atoms with Gasteiger partial charge in [-0.2, -0.15) is 0 Å². The minimum atomic E-state index is -0.139. The molecule has 2 unspecified atom stereocenters. The highest BCUT2D eigenvalue weighted by molar-refractivity contribution is 5.20. The Morgan fingerprint density at radius 2 is 1.88 bits per heavy atom. The average molecular weight is 224 g/mol. The van der Waals surface area contributed by atoms with Gasteiger partial charge in [0.1, 0.15) is 5.82 Å². The lowest BCUT2D eigenvalue weighted by Crippen LogP contribution is -2.37. The standard InChI is InChI=1S/C13H21FN2/c1-10(9-16(3)4)15-11(2)12-7-5-6-8-13(12)14/h5-8,10-11,15H,9H2,1-4H3. The van der Waals surface area contributed by atoms with E-state index in [1.54, 1.807) is 6.07 Å². The van der Waals surface area contributed by atoms with E-state index in [0.29, 0.717) is 6.04 Å². The molecule has 2 nitrogen and oxygen atoms in total. The lowest BCUT2D eigenvalue weighted by molar-refractivity contribution is 0.332. The number of halogens is 1. The van der Waals surface area contributed by atoms with Crippen molar-refractivity contribution in [2.24, 2.45) is 0 Å². The van der Waals surface area contributed by atoms with Crippen molar-refractivity contribution in [3.63, 3.8) is 0 Å². The molecule has 3 heteroatoms. The molecule has 1 aromatic carbocycles. The van der Waals surface area contributed by atoms with E-state index in [1.165, 1.54) is 6.07 Å². The molecule has 0 saturated carbocycles. The van der Waals surface area contributed by atoms with E-state index in [-0.39, 0.29) is 11.9 Å². The normalized spacial score (nSPS) is 15.1. The molecule has 0 aliphatic heterocycles. The average Bonchev–Trinajstić information content (AvgIpc) is 2.16. The summed E-state index contributed by atoms with van der Waals surface area (Å²) in [6.45, 7) is 5.04. The van der Waals surface area contributed by atoms with Gasteiger partial charge in [-0.05, 0) is 34.0 Å². The second kappa shape index (κ2) is 5.97. The van der Waals surface area contributed by atoms with E-state index in [0.717, 1.165) is 12.1 Å². The highest BCUT2D eigenvalue weighted by Gasteiger charge is 2.12. The fourth-order valence-corrected chi connectivity index (χ4v) is 1.94. The molecule has 0 saturated heterocycles. The summed E-state index contributed by atoms with van der Waals surface area (Å²) in [5.74, 6) is -0.139. The van der Waals surface area contributed by atoms with Crippen molar-refractivity contribution in [2.45, 2.75) is 25.9 Å². The Balaban J connectivity index is 2.58. The van der Waals surface area contributed by atoms with Gasteiger partial charge in [0.25, 0.3) is 0 Å². The van der Waals surface area contributed by atoms with Crippen LogP contribution >= 0.6 is 0 Å². The van der Waals surface area contributed by atoms with E-state index in [9.17, 15) is 4.39 Å². The van der Waals surface area contributed by atoms with Gasteiger partial charge in [0.05, 0.1) is 0 Å². The maximum atomic E-state index is 13.5. The summed E-state index contributed by atoms with van der Waals surface area (Å²) >= 11 is 0. The van der Waals surface area contributed by atoms with Crippen LogP contribution in [0.4, 0.5) is 4.39 Å². The Hall–Kier alpha value is -0.930. The second-order valence-electron chi connectivity index (χ2n) is 4.57.